The van der Waals surface area contributed by atoms with E-state index >= 15 is 0 Å². The van der Waals surface area contributed by atoms with Crippen molar-refractivity contribution < 1.29 is 14.3 Å². The van der Waals surface area contributed by atoms with Crippen LogP contribution in [0.2, 0.25) is 0 Å². The second-order valence-corrected chi connectivity index (χ2v) is 4.33. The van der Waals surface area contributed by atoms with Crippen molar-refractivity contribution in [3.8, 4) is 5.75 Å². The first-order valence-corrected chi connectivity index (χ1v) is 6.02. The summed E-state index contributed by atoms with van der Waals surface area (Å²) >= 11 is 0. The molecule has 0 saturated heterocycles. The van der Waals surface area contributed by atoms with Crippen molar-refractivity contribution >= 4 is 16.8 Å². The molecule has 0 fully saturated rings. The van der Waals surface area contributed by atoms with Crippen LogP contribution in [0, 0.1) is 0 Å². The highest BCUT2D eigenvalue weighted by Crippen LogP contribution is 2.28. The largest absolute Gasteiger partial charge is 0.507 e. The van der Waals surface area contributed by atoms with Gasteiger partial charge in [0, 0.05) is 17.0 Å². The molecule has 3 aromatic rings. The maximum absolute atomic E-state index is 12.5. The molecule has 3 rings (SSSR count). The highest BCUT2D eigenvalue weighted by molar-refractivity contribution is 6.16. The third-order valence-electron chi connectivity index (χ3n) is 3.03. The Bertz CT molecular complexity index is 847. The van der Waals surface area contributed by atoms with Crippen LogP contribution in [0.25, 0.3) is 11.0 Å². The first-order valence-electron chi connectivity index (χ1n) is 6.02. The predicted molar refractivity (Wildman–Crippen MR) is 74.0 cm³/mol. The lowest BCUT2D eigenvalue weighted by molar-refractivity contribution is 0.103. The number of carbonyl (C=O) groups is 1. The van der Waals surface area contributed by atoms with Crippen LogP contribution in [0.5, 0.6) is 5.75 Å². The fraction of sp³-hybridized carbons (Fsp3) is 0. The number of phenols is 1. The molecule has 0 spiro atoms. The standard InChI is InChI=1S/C16H10O4/c17-12-8-6-11-7-9-13(18)20-16(11)14(12)15(19)10-4-2-1-3-5-10/h1-9,17H. The average Bonchev–Trinajstić information content (AvgIpc) is 2.47. The number of hydrogen-bond donors (Lipinski definition) is 1. The van der Waals surface area contributed by atoms with Gasteiger partial charge in [0.15, 0.2) is 5.58 Å². The molecule has 0 amide bonds. The molecule has 4 heteroatoms. The number of aromatic hydroxyl groups is 1. The molecule has 0 aliphatic rings. The highest BCUT2D eigenvalue weighted by atomic mass is 16.4. The molecule has 1 N–H and O–H groups in total. The van der Waals surface area contributed by atoms with Gasteiger partial charge in [0.05, 0.1) is 0 Å². The molecule has 98 valence electrons. The van der Waals surface area contributed by atoms with Crippen molar-refractivity contribution in [1.29, 1.82) is 0 Å². The Morgan fingerprint density at radius 3 is 2.40 bits per heavy atom. The number of hydrogen-bond acceptors (Lipinski definition) is 4. The number of ketones is 1. The van der Waals surface area contributed by atoms with Crippen molar-refractivity contribution in [2.24, 2.45) is 0 Å². The van der Waals surface area contributed by atoms with Crippen LogP contribution in [-0.2, 0) is 0 Å². The van der Waals surface area contributed by atoms with Crippen molar-refractivity contribution in [3.05, 3.63) is 76.1 Å². The van der Waals surface area contributed by atoms with Gasteiger partial charge in [-0.1, -0.05) is 30.3 Å². The Kier molecular flexibility index (Phi) is 2.84. The molecule has 0 atom stereocenters. The van der Waals surface area contributed by atoms with Gasteiger partial charge in [0.25, 0.3) is 0 Å². The van der Waals surface area contributed by atoms with Gasteiger partial charge >= 0.3 is 5.63 Å². The van der Waals surface area contributed by atoms with Gasteiger partial charge in [-0.25, -0.2) is 4.79 Å². The predicted octanol–water partition coefficient (Wildman–Crippen LogP) is 2.73. The highest BCUT2D eigenvalue weighted by Gasteiger charge is 2.19. The molecular formula is C16H10O4. The van der Waals surface area contributed by atoms with Crippen LogP contribution in [0.1, 0.15) is 15.9 Å². The zero-order chi connectivity index (χ0) is 14.1. The molecule has 0 radical (unpaired) electrons. The average molecular weight is 266 g/mol. The molecule has 1 heterocycles. The molecular weight excluding hydrogens is 256 g/mol. The zero-order valence-corrected chi connectivity index (χ0v) is 10.4. The number of phenolic OH excluding ortho intramolecular Hbond substituents is 1. The van der Waals surface area contributed by atoms with Crippen molar-refractivity contribution in [2.75, 3.05) is 0 Å². The van der Waals surface area contributed by atoms with Gasteiger partial charge in [0.2, 0.25) is 5.78 Å². The first kappa shape index (κ1) is 12.2. The molecule has 0 bridgehead atoms. The number of carbonyl (C=O) groups excluding carboxylic acids is 1. The molecule has 0 unspecified atom stereocenters. The lowest BCUT2D eigenvalue weighted by Gasteiger charge is -2.06. The summed E-state index contributed by atoms with van der Waals surface area (Å²) in [7, 11) is 0. The van der Waals surface area contributed by atoms with E-state index in [1.807, 2.05) is 0 Å². The number of rotatable bonds is 2. The van der Waals surface area contributed by atoms with Crippen molar-refractivity contribution in [2.45, 2.75) is 0 Å². The Morgan fingerprint density at radius 1 is 0.950 bits per heavy atom. The summed E-state index contributed by atoms with van der Waals surface area (Å²) in [6.45, 7) is 0. The summed E-state index contributed by atoms with van der Waals surface area (Å²) in [5, 5.41) is 10.5. The minimum Gasteiger partial charge on any atom is -0.507 e. The normalized spacial score (nSPS) is 10.6. The summed E-state index contributed by atoms with van der Waals surface area (Å²) in [5.74, 6) is -0.594. The SMILES string of the molecule is O=C(c1ccccc1)c1c(O)ccc2ccc(=O)oc12. The van der Waals surface area contributed by atoms with E-state index < -0.39 is 5.63 Å². The quantitative estimate of drug-likeness (QED) is 0.572. The maximum Gasteiger partial charge on any atom is 0.336 e. The summed E-state index contributed by atoms with van der Waals surface area (Å²) < 4.78 is 5.08. The minimum atomic E-state index is -0.565. The zero-order valence-electron chi connectivity index (χ0n) is 10.4. The fourth-order valence-corrected chi connectivity index (χ4v) is 2.08. The van der Waals surface area contributed by atoms with Gasteiger partial charge in [0.1, 0.15) is 11.3 Å². The molecule has 20 heavy (non-hydrogen) atoms. The molecule has 0 saturated carbocycles. The monoisotopic (exact) mass is 266 g/mol. The Morgan fingerprint density at radius 2 is 1.65 bits per heavy atom. The van der Waals surface area contributed by atoms with E-state index in [0.717, 1.165) is 0 Å². The van der Waals surface area contributed by atoms with E-state index in [1.54, 1.807) is 42.5 Å². The van der Waals surface area contributed by atoms with E-state index in [9.17, 15) is 14.7 Å². The van der Waals surface area contributed by atoms with Crippen LogP contribution in [0.15, 0.2) is 63.8 Å². The van der Waals surface area contributed by atoms with Crippen LogP contribution in [-0.4, -0.2) is 10.9 Å². The number of benzene rings is 2. The summed E-state index contributed by atoms with van der Waals surface area (Å²) in [5.41, 5.74) is -0.0373. The lowest BCUT2D eigenvalue weighted by Crippen LogP contribution is -2.05. The third-order valence-corrected chi connectivity index (χ3v) is 3.03. The second kappa shape index (κ2) is 4.66. The van der Waals surface area contributed by atoms with Gasteiger partial charge in [-0.15, -0.1) is 0 Å². The minimum absolute atomic E-state index is 0.00593. The molecule has 4 nitrogen and oxygen atoms in total. The number of fused-ring (bicyclic) bond motifs is 1. The maximum atomic E-state index is 12.5. The van der Waals surface area contributed by atoms with E-state index in [-0.39, 0.29) is 22.7 Å². The Balaban J connectivity index is 2.30. The van der Waals surface area contributed by atoms with Crippen molar-refractivity contribution in [3.63, 3.8) is 0 Å². The molecule has 1 aromatic heterocycles. The van der Waals surface area contributed by atoms with Crippen LogP contribution in [0.4, 0.5) is 0 Å². The molecule has 0 aliphatic carbocycles. The summed E-state index contributed by atoms with van der Waals surface area (Å²) in [6, 6.07) is 14.4. The summed E-state index contributed by atoms with van der Waals surface area (Å²) in [6.07, 6.45) is 0. The smallest absolute Gasteiger partial charge is 0.336 e. The molecule has 0 aliphatic heterocycles. The van der Waals surface area contributed by atoms with Crippen LogP contribution in [0.3, 0.4) is 0 Å². The van der Waals surface area contributed by atoms with E-state index in [2.05, 4.69) is 0 Å². The Hall–Kier alpha value is -2.88. The Labute approximate surface area is 113 Å². The van der Waals surface area contributed by atoms with Gasteiger partial charge in [-0.3, -0.25) is 4.79 Å². The fourth-order valence-electron chi connectivity index (χ4n) is 2.08. The van der Waals surface area contributed by atoms with E-state index in [4.69, 9.17) is 4.42 Å². The lowest BCUT2D eigenvalue weighted by atomic mass is 10.0. The molecule has 2 aromatic carbocycles. The van der Waals surface area contributed by atoms with Crippen LogP contribution >= 0.6 is 0 Å². The topological polar surface area (TPSA) is 67.5 Å². The van der Waals surface area contributed by atoms with Crippen molar-refractivity contribution in [1.82, 2.24) is 0 Å². The van der Waals surface area contributed by atoms with Gasteiger partial charge < -0.3 is 9.52 Å². The first-order chi connectivity index (χ1) is 9.66. The van der Waals surface area contributed by atoms with E-state index in [0.29, 0.717) is 10.9 Å². The third kappa shape index (κ3) is 1.97. The summed E-state index contributed by atoms with van der Waals surface area (Å²) in [4.78, 5) is 23.8. The second-order valence-electron chi connectivity index (χ2n) is 4.33. The van der Waals surface area contributed by atoms with Gasteiger partial charge in [-0.2, -0.15) is 0 Å². The van der Waals surface area contributed by atoms with Gasteiger partial charge in [-0.05, 0) is 18.2 Å². The van der Waals surface area contributed by atoms with E-state index in [1.165, 1.54) is 12.1 Å². The van der Waals surface area contributed by atoms with Crippen LogP contribution < -0.4 is 5.63 Å².